The Morgan fingerprint density at radius 1 is 0.727 bits per heavy atom. The molecule has 0 aliphatic rings. The molecule has 0 aliphatic carbocycles. The zero-order valence-electron chi connectivity index (χ0n) is 19.8. The molecule has 3 nitrogen and oxygen atoms in total. The molecule has 0 saturated carbocycles. The van der Waals surface area contributed by atoms with Crippen LogP contribution >= 0.6 is 0 Å². The van der Waals surface area contributed by atoms with E-state index in [-0.39, 0.29) is 0 Å². The summed E-state index contributed by atoms with van der Waals surface area (Å²) in [6.45, 7) is 15.8. The molecule has 3 heteroatoms. The quantitative estimate of drug-likeness (QED) is 0.227. The number of aromatic nitrogens is 2. The third-order valence-corrected chi connectivity index (χ3v) is 7.13. The van der Waals surface area contributed by atoms with Crippen LogP contribution in [0.25, 0.3) is 55.8 Å². The van der Waals surface area contributed by atoms with Crippen LogP contribution < -0.4 is 0 Å². The molecular formula is C30H33N3. The fourth-order valence-corrected chi connectivity index (χ4v) is 5.19. The van der Waals surface area contributed by atoms with E-state index in [0.29, 0.717) is 0 Å². The minimum atomic E-state index is 1.05. The maximum atomic E-state index is 3.97. The summed E-state index contributed by atoms with van der Waals surface area (Å²) in [5.74, 6) is 0. The van der Waals surface area contributed by atoms with Gasteiger partial charge < -0.3 is 14.9 Å². The molecule has 2 heterocycles. The summed E-state index contributed by atoms with van der Waals surface area (Å²) in [5.41, 5.74) is 8.59. The molecule has 2 aromatic heterocycles. The van der Waals surface area contributed by atoms with Crippen LogP contribution in [0.5, 0.6) is 0 Å². The Morgan fingerprint density at radius 3 is 1.76 bits per heavy atom. The molecule has 5 rings (SSSR count). The molecule has 0 atom stereocenters. The van der Waals surface area contributed by atoms with Crippen LogP contribution in [0.4, 0.5) is 0 Å². The van der Waals surface area contributed by atoms with E-state index in [0.717, 1.165) is 37.2 Å². The number of nitrogens with zero attached hydrogens (tertiary/aromatic N) is 1. The molecule has 168 valence electrons. The number of hydrogen-bond donors (Lipinski definition) is 2. The van der Waals surface area contributed by atoms with E-state index in [2.05, 4.69) is 84.3 Å². The normalized spacial score (nSPS) is 12.0. The van der Waals surface area contributed by atoms with Gasteiger partial charge in [-0.3, -0.25) is 0 Å². The van der Waals surface area contributed by atoms with Gasteiger partial charge in [0.2, 0.25) is 0 Å². The highest BCUT2D eigenvalue weighted by Gasteiger charge is 2.16. The number of H-pyrrole nitrogens is 2. The zero-order chi connectivity index (χ0) is 22.9. The maximum Gasteiger partial charge on any atom is 0.0518 e. The summed E-state index contributed by atoms with van der Waals surface area (Å²) in [5, 5.41) is 5.13. The average Bonchev–Trinajstić information content (AvgIpc) is 3.40. The van der Waals surface area contributed by atoms with E-state index in [9.17, 15) is 0 Å². The van der Waals surface area contributed by atoms with Gasteiger partial charge in [-0.1, -0.05) is 51.3 Å². The first-order valence-electron chi connectivity index (χ1n) is 12.2. The number of aryl methyl sites for hydroxylation is 1. The largest absolute Gasteiger partial charge is 0.354 e. The maximum absolute atomic E-state index is 3.97. The smallest absolute Gasteiger partial charge is 0.0518 e. The fourth-order valence-electron chi connectivity index (χ4n) is 5.19. The lowest BCUT2D eigenvalue weighted by molar-refractivity contribution is 0.297. The van der Waals surface area contributed by atoms with Gasteiger partial charge in [0.05, 0.1) is 11.0 Å². The van der Waals surface area contributed by atoms with Gasteiger partial charge in [0.1, 0.15) is 0 Å². The number of unbranched alkanes of at least 4 members (excludes halogenated alkanes) is 1. The Morgan fingerprint density at radius 2 is 1.27 bits per heavy atom. The lowest BCUT2D eigenvalue weighted by Gasteiger charge is -2.17. The number of nitrogens with one attached hydrogen (secondary N) is 2. The summed E-state index contributed by atoms with van der Waals surface area (Å²) in [6.07, 6.45) is 7.28. The molecule has 0 spiro atoms. The van der Waals surface area contributed by atoms with Gasteiger partial charge in [-0.05, 0) is 80.4 Å². The molecule has 0 aliphatic heterocycles. The van der Waals surface area contributed by atoms with E-state index in [1.807, 2.05) is 12.2 Å². The number of benzene rings is 3. The number of fused-ring (bicyclic) bond motifs is 6. The average molecular weight is 436 g/mol. The molecule has 0 unspecified atom stereocenters. The summed E-state index contributed by atoms with van der Waals surface area (Å²) in [4.78, 5) is 10.0. The van der Waals surface area contributed by atoms with Crippen LogP contribution in [-0.2, 0) is 6.42 Å². The Kier molecular flexibility index (Phi) is 5.82. The van der Waals surface area contributed by atoms with Crippen LogP contribution in [0, 0.1) is 0 Å². The number of hydrogen-bond acceptors (Lipinski definition) is 1. The van der Waals surface area contributed by atoms with Crippen LogP contribution in [0.2, 0.25) is 0 Å². The molecule has 3 aromatic carbocycles. The zero-order valence-corrected chi connectivity index (χ0v) is 19.8. The molecule has 0 radical (unpaired) electrons. The third kappa shape index (κ3) is 3.77. The SMILES string of the molecule is C=Cc1ccc2[nH]c3c(CCCCN(CC)CC)c4[nH]c5ccc(C=C)cc5c4cc3c2c1. The van der Waals surface area contributed by atoms with E-state index in [1.165, 1.54) is 62.0 Å². The van der Waals surface area contributed by atoms with Crippen molar-refractivity contribution in [2.75, 3.05) is 19.6 Å². The van der Waals surface area contributed by atoms with Gasteiger partial charge >= 0.3 is 0 Å². The summed E-state index contributed by atoms with van der Waals surface area (Å²) in [6, 6.07) is 15.5. The Bertz CT molecular complexity index is 1380. The highest BCUT2D eigenvalue weighted by molar-refractivity contribution is 6.19. The van der Waals surface area contributed by atoms with Crippen LogP contribution in [0.3, 0.4) is 0 Å². The number of rotatable bonds is 9. The second-order valence-corrected chi connectivity index (χ2v) is 8.95. The van der Waals surface area contributed by atoms with Crippen molar-refractivity contribution in [2.45, 2.75) is 33.1 Å². The third-order valence-electron chi connectivity index (χ3n) is 7.13. The Hall–Kier alpha value is -3.30. The second kappa shape index (κ2) is 8.92. The van der Waals surface area contributed by atoms with Crippen molar-refractivity contribution in [3.8, 4) is 0 Å². The highest BCUT2D eigenvalue weighted by Crippen LogP contribution is 2.38. The van der Waals surface area contributed by atoms with Gasteiger partial charge in [0, 0.05) is 38.1 Å². The molecule has 33 heavy (non-hydrogen) atoms. The number of aromatic amines is 2. The van der Waals surface area contributed by atoms with Gasteiger partial charge in [0.25, 0.3) is 0 Å². The van der Waals surface area contributed by atoms with Crippen LogP contribution in [-0.4, -0.2) is 34.5 Å². The topological polar surface area (TPSA) is 34.8 Å². The molecule has 0 saturated heterocycles. The Labute approximate surface area is 195 Å². The fraction of sp³-hybridized carbons (Fsp3) is 0.267. The van der Waals surface area contributed by atoms with Crippen molar-refractivity contribution in [2.24, 2.45) is 0 Å². The predicted molar refractivity (Wildman–Crippen MR) is 146 cm³/mol. The van der Waals surface area contributed by atoms with Crippen molar-refractivity contribution in [3.05, 3.63) is 72.3 Å². The minimum absolute atomic E-state index is 1.05. The molecule has 0 amide bonds. The second-order valence-electron chi connectivity index (χ2n) is 8.95. The van der Waals surface area contributed by atoms with Crippen molar-refractivity contribution in [1.29, 1.82) is 0 Å². The molecule has 5 aromatic rings. The first-order chi connectivity index (χ1) is 16.2. The lowest BCUT2D eigenvalue weighted by atomic mass is 9.98. The van der Waals surface area contributed by atoms with E-state index < -0.39 is 0 Å². The highest BCUT2D eigenvalue weighted by atomic mass is 15.1. The first kappa shape index (κ1) is 21.5. The molecule has 0 bridgehead atoms. The van der Waals surface area contributed by atoms with Gasteiger partial charge in [-0.15, -0.1) is 0 Å². The van der Waals surface area contributed by atoms with Crippen molar-refractivity contribution in [1.82, 2.24) is 14.9 Å². The summed E-state index contributed by atoms with van der Waals surface area (Å²) >= 11 is 0. The molecule has 2 N–H and O–H groups in total. The van der Waals surface area contributed by atoms with Crippen LogP contribution in [0.15, 0.2) is 55.6 Å². The minimum Gasteiger partial charge on any atom is -0.354 e. The molecular weight excluding hydrogens is 402 g/mol. The van der Waals surface area contributed by atoms with Crippen molar-refractivity contribution < 1.29 is 0 Å². The summed E-state index contributed by atoms with van der Waals surface area (Å²) in [7, 11) is 0. The van der Waals surface area contributed by atoms with E-state index in [4.69, 9.17) is 0 Å². The standard InChI is InChI=1S/C30H33N3/c1-5-20-12-14-27-23(17-20)25-19-26-24-18-21(6-2)13-15-28(24)32-30(26)22(29(25)31-27)11-9-10-16-33(7-3)8-4/h5-6,12-15,17-19,31-32H,1-2,7-11,16H2,3-4H3. The van der Waals surface area contributed by atoms with E-state index >= 15 is 0 Å². The molecule has 0 fully saturated rings. The predicted octanol–water partition coefficient (Wildman–Crippen LogP) is 7.91. The van der Waals surface area contributed by atoms with Gasteiger partial charge in [0.15, 0.2) is 0 Å². The Balaban J connectivity index is 1.69. The van der Waals surface area contributed by atoms with Crippen LogP contribution in [0.1, 0.15) is 43.4 Å². The first-order valence-corrected chi connectivity index (χ1v) is 12.2. The van der Waals surface area contributed by atoms with Crippen molar-refractivity contribution in [3.63, 3.8) is 0 Å². The van der Waals surface area contributed by atoms with Gasteiger partial charge in [-0.2, -0.15) is 0 Å². The lowest BCUT2D eigenvalue weighted by Crippen LogP contribution is -2.23. The van der Waals surface area contributed by atoms with Crippen molar-refractivity contribution >= 4 is 55.8 Å². The summed E-state index contributed by atoms with van der Waals surface area (Å²) < 4.78 is 0. The van der Waals surface area contributed by atoms with Gasteiger partial charge in [-0.25, -0.2) is 0 Å². The monoisotopic (exact) mass is 435 g/mol. The van der Waals surface area contributed by atoms with E-state index in [1.54, 1.807) is 0 Å².